The fourth-order valence-corrected chi connectivity index (χ4v) is 2.81. The van der Waals surface area contributed by atoms with Crippen molar-refractivity contribution < 1.29 is 18.0 Å². The summed E-state index contributed by atoms with van der Waals surface area (Å²) < 4.78 is 38.7. The van der Waals surface area contributed by atoms with Gasteiger partial charge in [0, 0.05) is 31.5 Å². The van der Waals surface area contributed by atoms with Crippen LogP contribution in [-0.4, -0.2) is 42.0 Å². The monoisotopic (exact) mass is 364 g/mol. The molecule has 3 rings (SSSR count). The topological polar surface area (TPSA) is 57.3 Å². The van der Waals surface area contributed by atoms with Crippen molar-refractivity contribution in [3.8, 4) is 0 Å². The Hall–Kier alpha value is -2.61. The number of carbonyl (C=O) groups is 1. The molecule has 1 saturated heterocycles. The van der Waals surface area contributed by atoms with Gasteiger partial charge in [0.05, 0.1) is 11.1 Å². The second-order valence-electron chi connectivity index (χ2n) is 6.00. The number of alkyl halides is 3. The Balaban J connectivity index is 1.84. The minimum absolute atomic E-state index is 0.184. The molecule has 0 atom stereocenters. The van der Waals surface area contributed by atoms with E-state index in [1.54, 1.807) is 17.0 Å². The number of carbonyl (C=O) groups excluding carboxylic acids is 1. The van der Waals surface area contributed by atoms with Crippen molar-refractivity contribution >= 4 is 17.4 Å². The van der Waals surface area contributed by atoms with E-state index in [9.17, 15) is 18.0 Å². The third kappa shape index (κ3) is 4.32. The summed E-state index contributed by atoms with van der Waals surface area (Å²) in [4.78, 5) is 18.7. The van der Waals surface area contributed by atoms with E-state index in [-0.39, 0.29) is 17.4 Å². The molecule has 26 heavy (non-hydrogen) atoms. The smallest absolute Gasteiger partial charge is 0.340 e. The van der Waals surface area contributed by atoms with E-state index in [4.69, 9.17) is 0 Å². The van der Waals surface area contributed by atoms with Crippen LogP contribution in [0.3, 0.4) is 0 Å². The van der Waals surface area contributed by atoms with Gasteiger partial charge in [-0.05, 0) is 43.3 Å². The van der Waals surface area contributed by atoms with E-state index in [0.717, 1.165) is 25.1 Å². The molecule has 2 heterocycles. The lowest BCUT2D eigenvalue weighted by atomic mass is 10.1. The largest absolute Gasteiger partial charge is 0.416 e. The average molecular weight is 364 g/mol. The van der Waals surface area contributed by atoms with Gasteiger partial charge in [-0.15, -0.1) is 0 Å². The molecular weight excluding hydrogens is 345 g/mol. The highest BCUT2D eigenvalue weighted by Gasteiger charge is 2.30. The van der Waals surface area contributed by atoms with Gasteiger partial charge in [-0.3, -0.25) is 4.79 Å². The lowest BCUT2D eigenvalue weighted by Crippen LogP contribution is -2.34. The van der Waals surface area contributed by atoms with Gasteiger partial charge in [-0.2, -0.15) is 13.2 Å². The molecule has 1 fully saturated rings. The van der Waals surface area contributed by atoms with Crippen LogP contribution in [0.5, 0.6) is 0 Å². The van der Waals surface area contributed by atoms with Crippen molar-refractivity contribution in [3.63, 3.8) is 0 Å². The van der Waals surface area contributed by atoms with E-state index < -0.39 is 11.7 Å². The van der Waals surface area contributed by atoms with Crippen molar-refractivity contribution in [1.82, 2.24) is 15.2 Å². The van der Waals surface area contributed by atoms with Gasteiger partial charge in [0.2, 0.25) is 0 Å². The second-order valence-corrected chi connectivity index (χ2v) is 6.00. The van der Waals surface area contributed by atoms with Gasteiger partial charge < -0.3 is 15.5 Å². The normalized spacial score (nSPS) is 15.4. The van der Waals surface area contributed by atoms with Crippen LogP contribution in [-0.2, 0) is 6.18 Å². The Morgan fingerprint density at radius 2 is 2.00 bits per heavy atom. The number of hydrogen-bond donors (Lipinski definition) is 2. The van der Waals surface area contributed by atoms with E-state index in [1.807, 2.05) is 0 Å². The number of benzene rings is 1. The predicted molar refractivity (Wildman–Crippen MR) is 92.4 cm³/mol. The summed E-state index contributed by atoms with van der Waals surface area (Å²) in [6.07, 6.45) is -2.08. The van der Waals surface area contributed by atoms with Crippen LogP contribution in [0.4, 0.5) is 24.7 Å². The molecule has 1 aliphatic rings. The Morgan fingerprint density at radius 3 is 2.81 bits per heavy atom. The number of rotatable bonds is 3. The molecule has 2 aromatic rings. The molecule has 0 bridgehead atoms. The molecular formula is C18H19F3N4O. The number of pyridine rings is 1. The van der Waals surface area contributed by atoms with Crippen molar-refractivity contribution in [2.24, 2.45) is 0 Å². The van der Waals surface area contributed by atoms with E-state index in [0.29, 0.717) is 25.2 Å². The van der Waals surface area contributed by atoms with Crippen LogP contribution < -0.4 is 10.6 Å². The lowest BCUT2D eigenvalue weighted by Gasteiger charge is -2.21. The zero-order valence-corrected chi connectivity index (χ0v) is 14.0. The molecule has 1 amide bonds. The Bertz CT molecular complexity index is 771. The first-order valence-corrected chi connectivity index (χ1v) is 8.34. The van der Waals surface area contributed by atoms with Gasteiger partial charge >= 0.3 is 6.18 Å². The second kappa shape index (κ2) is 7.74. The summed E-state index contributed by atoms with van der Waals surface area (Å²) in [6, 6.07) is 8.09. The SMILES string of the molecule is O=C(c1cccnc1Nc1cccc(C(F)(F)F)c1)N1CCCNCC1. The summed E-state index contributed by atoms with van der Waals surface area (Å²) in [6.45, 7) is 2.77. The number of amides is 1. The van der Waals surface area contributed by atoms with Crippen molar-refractivity contribution in [1.29, 1.82) is 0 Å². The highest BCUT2D eigenvalue weighted by atomic mass is 19.4. The van der Waals surface area contributed by atoms with Crippen molar-refractivity contribution in [2.45, 2.75) is 12.6 Å². The van der Waals surface area contributed by atoms with Crippen molar-refractivity contribution in [2.75, 3.05) is 31.5 Å². The summed E-state index contributed by atoms with van der Waals surface area (Å²) in [5.74, 6) is 0.0605. The van der Waals surface area contributed by atoms with E-state index in [2.05, 4.69) is 15.6 Å². The van der Waals surface area contributed by atoms with E-state index in [1.165, 1.54) is 18.3 Å². The number of hydrogen-bond acceptors (Lipinski definition) is 4. The fourth-order valence-electron chi connectivity index (χ4n) is 2.81. The van der Waals surface area contributed by atoms with E-state index >= 15 is 0 Å². The average Bonchev–Trinajstić information content (AvgIpc) is 2.90. The molecule has 1 aliphatic heterocycles. The lowest BCUT2D eigenvalue weighted by molar-refractivity contribution is -0.137. The zero-order chi connectivity index (χ0) is 18.6. The first-order valence-electron chi connectivity index (χ1n) is 8.34. The highest BCUT2D eigenvalue weighted by Crippen LogP contribution is 2.31. The molecule has 0 aliphatic carbocycles. The molecule has 0 saturated carbocycles. The third-order valence-electron chi connectivity index (χ3n) is 4.12. The first kappa shape index (κ1) is 18.2. The van der Waals surface area contributed by atoms with Gasteiger partial charge in [-0.1, -0.05) is 6.07 Å². The number of halogens is 3. The first-order chi connectivity index (χ1) is 12.4. The third-order valence-corrected chi connectivity index (χ3v) is 4.12. The molecule has 2 N–H and O–H groups in total. The molecule has 138 valence electrons. The van der Waals surface area contributed by atoms with Crippen LogP contribution in [0.2, 0.25) is 0 Å². The Kier molecular flexibility index (Phi) is 5.41. The van der Waals surface area contributed by atoms with Crippen LogP contribution >= 0.6 is 0 Å². The molecule has 0 spiro atoms. The highest BCUT2D eigenvalue weighted by molar-refractivity contribution is 5.99. The summed E-state index contributed by atoms with van der Waals surface area (Å²) in [7, 11) is 0. The maximum atomic E-state index is 12.9. The van der Waals surface area contributed by atoms with Crippen LogP contribution in [0.1, 0.15) is 22.3 Å². The molecule has 5 nitrogen and oxygen atoms in total. The number of aromatic nitrogens is 1. The minimum atomic E-state index is -4.43. The molecule has 1 aromatic carbocycles. The van der Waals surface area contributed by atoms with Gasteiger partial charge in [0.25, 0.3) is 5.91 Å². The van der Waals surface area contributed by atoms with Gasteiger partial charge in [0.1, 0.15) is 5.82 Å². The summed E-state index contributed by atoms with van der Waals surface area (Å²) >= 11 is 0. The Morgan fingerprint density at radius 1 is 1.15 bits per heavy atom. The molecule has 0 radical (unpaired) electrons. The quantitative estimate of drug-likeness (QED) is 0.878. The summed E-state index contributed by atoms with van der Waals surface area (Å²) in [5.41, 5.74) is -0.193. The maximum Gasteiger partial charge on any atom is 0.416 e. The van der Waals surface area contributed by atoms with Crippen LogP contribution in [0.15, 0.2) is 42.6 Å². The minimum Gasteiger partial charge on any atom is -0.340 e. The Labute approximate surface area is 149 Å². The maximum absolute atomic E-state index is 12.9. The zero-order valence-electron chi connectivity index (χ0n) is 14.0. The molecule has 1 aromatic heterocycles. The number of anilines is 2. The van der Waals surface area contributed by atoms with Crippen LogP contribution in [0, 0.1) is 0 Å². The summed E-state index contributed by atoms with van der Waals surface area (Å²) in [5, 5.41) is 6.07. The predicted octanol–water partition coefficient (Wildman–Crippen LogP) is 3.28. The van der Waals surface area contributed by atoms with Crippen LogP contribution in [0.25, 0.3) is 0 Å². The number of nitrogens with zero attached hydrogens (tertiary/aromatic N) is 2. The molecule has 8 heteroatoms. The van der Waals surface area contributed by atoms with Crippen molar-refractivity contribution in [3.05, 3.63) is 53.7 Å². The molecule has 0 unspecified atom stereocenters. The standard InChI is InChI=1S/C18H19F3N4O/c19-18(20,21)13-4-1-5-14(12-13)24-16-15(6-2-8-23-16)17(26)25-10-3-7-22-9-11-25/h1-2,4-6,8,12,22H,3,7,9-11H2,(H,23,24). The fraction of sp³-hybridized carbons (Fsp3) is 0.333. The van der Waals surface area contributed by atoms with Gasteiger partial charge in [-0.25, -0.2) is 4.98 Å². The number of nitrogens with one attached hydrogen (secondary N) is 2. The van der Waals surface area contributed by atoms with Gasteiger partial charge in [0.15, 0.2) is 0 Å².